The Morgan fingerprint density at radius 3 is 2.38 bits per heavy atom. The Morgan fingerprint density at radius 1 is 1.14 bits per heavy atom. The van der Waals surface area contributed by atoms with Crippen molar-refractivity contribution in [1.82, 2.24) is 10.2 Å². The zero-order valence-corrected chi connectivity index (χ0v) is 15.1. The third kappa shape index (κ3) is 5.56. The van der Waals surface area contributed by atoms with Crippen LogP contribution in [0.3, 0.4) is 0 Å². The molecular formula is C19H38N2. The van der Waals surface area contributed by atoms with Crippen molar-refractivity contribution >= 4 is 0 Å². The molecule has 2 rings (SSSR count). The van der Waals surface area contributed by atoms with E-state index in [1.807, 2.05) is 0 Å². The van der Waals surface area contributed by atoms with Crippen LogP contribution in [-0.4, -0.2) is 36.6 Å². The largest absolute Gasteiger partial charge is 0.312 e. The van der Waals surface area contributed by atoms with Gasteiger partial charge in [-0.1, -0.05) is 34.1 Å². The Hall–Kier alpha value is -0.0800. The predicted octanol–water partition coefficient (Wildman–Crippen LogP) is 4.30. The maximum absolute atomic E-state index is 3.91. The number of nitrogens with one attached hydrogen (secondary N) is 1. The lowest BCUT2D eigenvalue weighted by molar-refractivity contribution is 0.0796. The van der Waals surface area contributed by atoms with Gasteiger partial charge in [-0.15, -0.1) is 0 Å². The summed E-state index contributed by atoms with van der Waals surface area (Å²) in [6.07, 6.45) is 8.40. The van der Waals surface area contributed by atoms with Gasteiger partial charge in [0.15, 0.2) is 0 Å². The number of rotatable bonds is 6. The van der Waals surface area contributed by atoms with Crippen molar-refractivity contribution in [2.75, 3.05) is 19.6 Å². The number of hydrogen-bond donors (Lipinski definition) is 1. The van der Waals surface area contributed by atoms with Gasteiger partial charge in [0.1, 0.15) is 0 Å². The van der Waals surface area contributed by atoms with Gasteiger partial charge in [0.05, 0.1) is 0 Å². The van der Waals surface area contributed by atoms with E-state index < -0.39 is 0 Å². The summed E-state index contributed by atoms with van der Waals surface area (Å²) < 4.78 is 0. The predicted molar refractivity (Wildman–Crippen MR) is 92.6 cm³/mol. The van der Waals surface area contributed by atoms with Gasteiger partial charge >= 0.3 is 0 Å². The normalized spacial score (nSPS) is 30.1. The maximum atomic E-state index is 3.91. The Kier molecular flexibility index (Phi) is 6.14. The van der Waals surface area contributed by atoms with Crippen LogP contribution in [0.5, 0.6) is 0 Å². The van der Waals surface area contributed by atoms with Crippen molar-refractivity contribution in [1.29, 1.82) is 0 Å². The minimum atomic E-state index is 0.460. The van der Waals surface area contributed by atoms with E-state index in [2.05, 4.69) is 44.8 Å². The second kappa shape index (κ2) is 7.46. The lowest BCUT2D eigenvalue weighted by Gasteiger charge is -2.43. The van der Waals surface area contributed by atoms with Crippen LogP contribution in [0.15, 0.2) is 0 Å². The van der Waals surface area contributed by atoms with Crippen LogP contribution in [0.2, 0.25) is 0 Å². The summed E-state index contributed by atoms with van der Waals surface area (Å²) in [6.45, 7) is 15.8. The topological polar surface area (TPSA) is 15.3 Å². The van der Waals surface area contributed by atoms with Crippen LogP contribution in [0.25, 0.3) is 0 Å². The first kappa shape index (κ1) is 17.3. The minimum absolute atomic E-state index is 0.460. The van der Waals surface area contributed by atoms with E-state index >= 15 is 0 Å². The highest BCUT2D eigenvalue weighted by Gasteiger charge is 2.32. The molecule has 1 aliphatic carbocycles. The molecule has 1 aliphatic heterocycles. The van der Waals surface area contributed by atoms with Gasteiger partial charge in [-0.25, -0.2) is 0 Å². The molecule has 3 unspecified atom stereocenters. The number of piperidine rings is 1. The number of nitrogens with zero attached hydrogens (tertiary/aromatic N) is 1. The van der Waals surface area contributed by atoms with Gasteiger partial charge in [0.2, 0.25) is 0 Å². The smallest absolute Gasteiger partial charge is 0.0198 e. The lowest BCUT2D eigenvalue weighted by Crippen LogP contribution is -2.53. The number of likely N-dealkylation sites (tertiary alicyclic amines) is 1. The van der Waals surface area contributed by atoms with E-state index in [4.69, 9.17) is 0 Å². The summed E-state index contributed by atoms with van der Waals surface area (Å²) in [6, 6.07) is 1.46. The molecule has 1 heterocycles. The molecule has 2 heteroatoms. The average molecular weight is 295 g/mol. The van der Waals surface area contributed by atoms with E-state index in [0.29, 0.717) is 5.41 Å². The zero-order valence-electron chi connectivity index (χ0n) is 15.1. The maximum Gasteiger partial charge on any atom is 0.0198 e. The standard InChI is InChI=1S/C19H38N2/c1-6-15(2)21-13-17(11-19(3,4)5)10-18(14-21)20-12-16-8-7-9-16/h15-18,20H,6-14H2,1-5H3. The molecule has 1 N–H and O–H groups in total. The molecule has 124 valence electrons. The first-order valence-electron chi connectivity index (χ1n) is 9.35. The molecule has 1 saturated carbocycles. The summed E-state index contributed by atoms with van der Waals surface area (Å²) in [4.78, 5) is 2.75. The monoisotopic (exact) mass is 294 g/mol. The van der Waals surface area contributed by atoms with Crippen molar-refractivity contribution in [2.45, 2.75) is 85.2 Å². The molecule has 2 fully saturated rings. The van der Waals surface area contributed by atoms with Crippen LogP contribution in [0.1, 0.15) is 73.1 Å². The van der Waals surface area contributed by atoms with E-state index in [1.165, 1.54) is 58.2 Å². The van der Waals surface area contributed by atoms with Crippen LogP contribution in [-0.2, 0) is 0 Å². The molecule has 2 aliphatic rings. The van der Waals surface area contributed by atoms with Gasteiger partial charge in [-0.05, 0) is 62.8 Å². The van der Waals surface area contributed by atoms with Crippen LogP contribution < -0.4 is 5.32 Å². The first-order valence-corrected chi connectivity index (χ1v) is 9.35. The third-order valence-electron chi connectivity index (χ3n) is 5.60. The summed E-state index contributed by atoms with van der Waals surface area (Å²) in [5, 5.41) is 3.91. The van der Waals surface area contributed by atoms with Crippen LogP contribution in [0.4, 0.5) is 0 Å². The molecule has 1 saturated heterocycles. The van der Waals surface area contributed by atoms with Gasteiger partial charge in [-0.3, -0.25) is 4.90 Å². The Bertz CT molecular complexity index is 303. The summed E-state index contributed by atoms with van der Waals surface area (Å²) in [7, 11) is 0. The van der Waals surface area contributed by atoms with E-state index in [1.54, 1.807) is 0 Å². The van der Waals surface area contributed by atoms with Crippen molar-refractivity contribution in [3.05, 3.63) is 0 Å². The summed E-state index contributed by atoms with van der Waals surface area (Å²) >= 11 is 0. The van der Waals surface area contributed by atoms with Crippen LogP contribution in [0, 0.1) is 17.3 Å². The minimum Gasteiger partial charge on any atom is -0.312 e. The van der Waals surface area contributed by atoms with Crippen LogP contribution >= 0.6 is 0 Å². The molecule has 0 aromatic carbocycles. The number of hydrogen-bond acceptors (Lipinski definition) is 2. The van der Waals surface area contributed by atoms with E-state index in [9.17, 15) is 0 Å². The second-order valence-electron chi connectivity index (χ2n) is 8.98. The highest BCUT2D eigenvalue weighted by atomic mass is 15.2. The second-order valence-corrected chi connectivity index (χ2v) is 8.98. The van der Waals surface area contributed by atoms with Crippen molar-refractivity contribution in [2.24, 2.45) is 17.3 Å². The fourth-order valence-electron chi connectivity index (χ4n) is 4.05. The Labute approximate surface area is 133 Å². The lowest BCUT2D eigenvalue weighted by atomic mass is 9.79. The molecule has 0 radical (unpaired) electrons. The first-order chi connectivity index (χ1) is 9.87. The third-order valence-corrected chi connectivity index (χ3v) is 5.60. The Morgan fingerprint density at radius 2 is 1.86 bits per heavy atom. The molecule has 21 heavy (non-hydrogen) atoms. The SMILES string of the molecule is CCC(C)N1CC(CC(C)(C)C)CC(NCC2CCC2)C1. The zero-order chi connectivity index (χ0) is 15.5. The van der Waals surface area contributed by atoms with Gasteiger partial charge in [-0.2, -0.15) is 0 Å². The van der Waals surface area contributed by atoms with Gasteiger partial charge < -0.3 is 5.32 Å². The van der Waals surface area contributed by atoms with Crippen molar-refractivity contribution in [3.8, 4) is 0 Å². The van der Waals surface area contributed by atoms with E-state index in [-0.39, 0.29) is 0 Å². The van der Waals surface area contributed by atoms with E-state index in [0.717, 1.165) is 23.9 Å². The molecule has 0 spiro atoms. The molecule has 3 atom stereocenters. The molecule has 0 amide bonds. The van der Waals surface area contributed by atoms with Crippen molar-refractivity contribution in [3.63, 3.8) is 0 Å². The highest BCUT2D eigenvalue weighted by molar-refractivity contribution is 4.88. The summed E-state index contributed by atoms with van der Waals surface area (Å²) in [5.41, 5.74) is 0.460. The average Bonchev–Trinajstić information content (AvgIpc) is 2.33. The fourth-order valence-corrected chi connectivity index (χ4v) is 4.05. The molecular weight excluding hydrogens is 256 g/mol. The summed E-state index contributed by atoms with van der Waals surface area (Å²) in [5.74, 6) is 1.84. The molecule has 0 aromatic heterocycles. The molecule has 0 aromatic rings. The van der Waals surface area contributed by atoms with Crippen molar-refractivity contribution < 1.29 is 0 Å². The molecule has 0 bridgehead atoms. The van der Waals surface area contributed by atoms with Gasteiger partial charge in [0.25, 0.3) is 0 Å². The Balaban J connectivity index is 1.88. The highest BCUT2D eigenvalue weighted by Crippen LogP contribution is 2.32. The fraction of sp³-hybridized carbons (Fsp3) is 1.00. The molecule has 2 nitrogen and oxygen atoms in total. The van der Waals surface area contributed by atoms with Gasteiger partial charge in [0, 0.05) is 25.2 Å². The quantitative estimate of drug-likeness (QED) is 0.785.